The van der Waals surface area contributed by atoms with Crippen molar-refractivity contribution in [3.8, 4) is 17.1 Å². The van der Waals surface area contributed by atoms with Crippen molar-refractivity contribution in [1.82, 2.24) is 19.7 Å². The number of amides is 1. The van der Waals surface area contributed by atoms with E-state index >= 15 is 0 Å². The van der Waals surface area contributed by atoms with Crippen molar-refractivity contribution < 1.29 is 13.9 Å². The number of thioether (sulfide) groups is 1. The fraction of sp³-hybridized carbons (Fsp3) is 0.182. The Kier molecular flexibility index (Phi) is 6.77. The van der Waals surface area contributed by atoms with Crippen LogP contribution in [-0.4, -0.2) is 38.0 Å². The average molecular weight is 470 g/mol. The lowest BCUT2D eigenvalue weighted by Gasteiger charge is -2.15. The lowest BCUT2D eigenvalue weighted by atomic mass is 10.2. The number of rotatable bonds is 8. The third-order valence-electron chi connectivity index (χ3n) is 4.60. The number of carbonyl (C=O) groups excluding carboxylic acids is 1. The van der Waals surface area contributed by atoms with Crippen molar-refractivity contribution in [2.45, 2.75) is 23.9 Å². The van der Waals surface area contributed by atoms with E-state index in [9.17, 15) is 4.79 Å². The number of halogens is 1. The third kappa shape index (κ3) is 4.95. The highest BCUT2D eigenvalue weighted by molar-refractivity contribution is 8.00. The van der Waals surface area contributed by atoms with Crippen molar-refractivity contribution in [3.63, 3.8) is 0 Å². The van der Waals surface area contributed by atoms with Crippen LogP contribution in [0.1, 0.15) is 12.7 Å². The Hall–Kier alpha value is -3.30. The molecular weight excluding hydrogens is 450 g/mol. The molecule has 164 valence electrons. The first-order valence-electron chi connectivity index (χ1n) is 9.72. The quantitative estimate of drug-likeness (QED) is 0.371. The smallest absolute Gasteiger partial charge is 0.237 e. The minimum absolute atomic E-state index is 0.217. The van der Waals surface area contributed by atoms with E-state index < -0.39 is 5.25 Å². The molecule has 0 aliphatic heterocycles. The Morgan fingerprint density at radius 2 is 2.16 bits per heavy atom. The number of nitrogens with one attached hydrogen (secondary N) is 1. The first-order chi connectivity index (χ1) is 15.5. The lowest BCUT2D eigenvalue weighted by Crippen LogP contribution is -2.23. The van der Waals surface area contributed by atoms with Gasteiger partial charge in [0.2, 0.25) is 5.91 Å². The van der Waals surface area contributed by atoms with Crippen LogP contribution in [0.3, 0.4) is 0 Å². The summed E-state index contributed by atoms with van der Waals surface area (Å²) in [6.45, 7) is 2.22. The minimum atomic E-state index is -0.472. The second-order valence-electron chi connectivity index (χ2n) is 6.81. The Balaban J connectivity index is 1.57. The first kappa shape index (κ1) is 21.9. The fourth-order valence-corrected chi connectivity index (χ4v) is 4.03. The standard InChI is InChI=1S/C22H20ClN5O3S/c1-14(21(29)25-18-11-16(23)7-8-19(18)30-2)32-22-27-26-20(15-5-3-9-24-12-15)28(22)13-17-6-4-10-31-17/h3-12,14H,13H2,1-2H3,(H,25,29). The normalized spacial score (nSPS) is 11.8. The summed E-state index contributed by atoms with van der Waals surface area (Å²) in [5.41, 5.74) is 1.32. The van der Waals surface area contributed by atoms with Crippen molar-refractivity contribution in [2.24, 2.45) is 0 Å². The van der Waals surface area contributed by atoms with Gasteiger partial charge in [-0.15, -0.1) is 10.2 Å². The van der Waals surface area contributed by atoms with E-state index in [1.807, 2.05) is 28.8 Å². The van der Waals surface area contributed by atoms with Crippen LogP contribution >= 0.6 is 23.4 Å². The molecule has 0 saturated heterocycles. The summed E-state index contributed by atoms with van der Waals surface area (Å²) in [5, 5.41) is 12.2. The Bertz CT molecular complexity index is 1200. The molecule has 0 fully saturated rings. The van der Waals surface area contributed by atoms with Gasteiger partial charge in [-0.05, 0) is 49.4 Å². The van der Waals surface area contributed by atoms with Crippen LogP contribution in [0.4, 0.5) is 5.69 Å². The zero-order chi connectivity index (χ0) is 22.5. The highest BCUT2D eigenvalue weighted by Gasteiger charge is 2.22. The summed E-state index contributed by atoms with van der Waals surface area (Å²) >= 11 is 7.36. The van der Waals surface area contributed by atoms with Gasteiger partial charge in [-0.2, -0.15) is 0 Å². The summed E-state index contributed by atoms with van der Waals surface area (Å²) in [6.07, 6.45) is 5.03. The van der Waals surface area contributed by atoms with E-state index in [0.717, 1.165) is 11.3 Å². The second-order valence-corrected chi connectivity index (χ2v) is 8.55. The SMILES string of the molecule is COc1ccc(Cl)cc1NC(=O)C(C)Sc1nnc(-c2cccnc2)n1Cc1ccco1. The van der Waals surface area contributed by atoms with Crippen LogP contribution in [0.15, 0.2) is 70.7 Å². The van der Waals surface area contributed by atoms with E-state index in [1.165, 1.54) is 18.9 Å². The van der Waals surface area contributed by atoms with Crippen LogP contribution in [0.2, 0.25) is 5.02 Å². The molecule has 0 spiro atoms. The number of ether oxygens (including phenoxy) is 1. The number of methoxy groups -OCH3 is 1. The maximum Gasteiger partial charge on any atom is 0.237 e. The molecule has 8 nitrogen and oxygen atoms in total. The Morgan fingerprint density at radius 3 is 2.88 bits per heavy atom. The molecule has 3 heterocycles. The van der Waals surface area contributed by atoms with Gasteiger partial charge in [-0.1, -0.05) is 23.4 Å². The van der Waals surface area contributed by atoms with E-state index in [-0.39, 0.29) is 5.91 Å². The number of benzene rings is 1. The molecule has 32 heavy (non-hydrogen) atoms. The van der Waals surface area contributed by atoms with Gasteiger partial charge in [0.15, 0.2) is 11.0 Å². The fourth-order valence-electron chi connectivity index (χ4n) is 3.01. The highest BCUT2D eigenvalue weighted by atomic mass is 35.5. The summed E-state index contributed by atoms with van der Waals surface area (Å²) < 4.78 is 12.7. The molecule has 1 amide bonds. The zero-order valence-corrected chi connectivity index (χ0v) is 18.9. The maximum absolute atomic E-state index is 12.9. The van der Waals surface area contributed by atoms with Crippen molar-refractivity contribution in [2.75, 3.05) is 12.4 Å². The first-order valence-corrected chi connectivity index (χ1v) is 11.0. The summed E-state index contributed by atoms with van der Waals surface area (Å²) in [5.74, 6) is 1.70. The molecule has 0 aliphatic carbocycles. The summed E-state index contributed by atoms with van der Waals surface area (Å²) in [4.78, 5) is 17.1. The topological polar surface area (TPSA) is 95.1 Å². The average Bonchev–Trinajstić information content (AvgIpc) is 3.45. The molecule has 1 N–H and O–H groups in total. The predicted octanol–water partition coefficient (Wildman–Crippen LogP) is 4.76. The number of hydrogen-bond acceptors (Lipinski definition) is 7. The minimum Gasteiger partial charge on any atom is -0.495 e. The molecule has 4 aromatic rings. The molecule has 4 rings (SSSR count). The van der Waals surface area contributed by atoms with Gasteiger partial charge in [-0.25, -0.2) is 0 Å². The number of anilines is 1. The molecular formula is C22H20ClN5O3S. The van der Waals surface area contributed by atoms with Gasteiger partial charge in [0.25, 0.3) is 0 Å². The second kappa shape index (κ2) is 9.88. The van der Waals surface area contributed by atoms with Gasteiger partial charge >= 0.3 is 0 Å². The van der Waals surface area contributed by atoms with Gasteiger partial charge in [0.1, 0.15) is 11.5 Å². The van der Waals surface area contributed by atoms with Crippen LogP contribution < -0.4 is 10.1 Å². The van der Waals surface area contributed by atoms with Crippen LogP contribution in [0.5, 0.6) is 5.75 Å². The molecule has 0 aliphatic rings. The highest BCUT2D eigenvalue weighted by Crippen LogP contribution is 2.31. The molecule has 3 aromatic heterocycles. The van der Waals surface area contributed by atoms with E-state index in [4.69, 9.17) is 20.8 Å². The number of aromatic nitrogens is 4. The van der Waals surface area contributed by atoms with Crippen LogP contribution in [0.25, 0.3) is 11.4 Å². The van der Waals surface area contributed by atoms with E-state index in [0.29, 0.717) is 34.0 Å². The molecule has 0 saturated carbocycles. The molecule has 1 aromatic carbocycles. The Labute approximate surface area is 194 Å². The lowest BCUT2D eigenvalue weighted by molar-refractivity contribution is -0.115. The van der Waals surface area contributed by atoms with Crippen molar-refractivity contribution in [1.29, 1.82) is 0 Å². The van der Waals surface area contributed by atoms with Gasteiger partial charge in [0, 0.05) is 23.0 Å². The van der Waals surface area contributed by atoms with Crippen LogP contribution in [0, 0.1) is 0 Å². The van der Waals surface area contributed by atoms with Gasteiger partial charge in [0.05, 0.1) is 30.9 Å². The maximum atomic E-state index is 12.9. The predicted molar refractivity (Wildman–Crippen MR) is 123 cm³/mol. The third-order valence-corrected chi connectivity index (χ3v) is 5.92. The largest absolute Gasteiger partial charge is 0.495 e. The van der Waals surface area contributed by atoms with E-state index in [1.54, 1.807) is 43.8 Å². The molecule has 10 heteroatoms. The number of pyridine rings is 1. The monoisotopic (exact) mass is 469 g/mol. The molecule has 0 radical (unpaired) electrons. The number of hydrogen-bond donors (Lipinski definition) is 1. The van der Waals surface area contributed by atoms with Crippen molar-refractivity contribution in [3.05, 3.63) is 71.9 Å². The van der Waals surface area contributed by atoms with Crippen LogP contribution in [-0.2, 0) is 11.3 Å². The number of carbonyl (C=O) groups is 1. The van der Waals surface area contributed by atoms with E-state index in [2.05, 4.69) is 20.5 Å². The number of furan rings is 1. The van der Waals surface area contributed by atoms with Gasteiger partial charge in [-0.3, -0.25) is 14.3 Å². The summed E-state index contributed by atoms with van der Waals surface area (Å²) in [7, 11) is 1.54. The Morgan fingerprint density at radius 1 is 1.28 bits per heavy atom. The zero-order valence-electron chi connectivity index (χ0n) is 17.4. The molecule has 1 unspecified atom stereocenters. The van der Waals surface area contributed by atoms with Gasteiger partial charge < -0.3 is 14.5 Å². The summed E-state index contributed by atoms with van der Waals surface area (Å²) in [6, 6.07) is 12.5. The number of nitrogens with zero attached hydrogens (tertiary/aromatic N) is 4. The van der Waals surface area contributed by atoms with Crippen molar-refractivity contribution >= 4 is 35.0 Å². The molecule has 0 bridgehead atoms. The molecule has 1 atom stereocenters.